The number of hydrogen-bond donors (Lipinski definition) is 2. The van der Waals surface area contributed by atoms with Gasteiger partial charge in [0.2, 0.25) is 0 Å². The number of carboxylic acid groups (broad SMARTS) is 1. The first kappa shape index (κ1) is 21.1. The van der Waals surface area contributed by atoms with E-state index in [4.69, 9.17) is 5.11 Å². The molecule has 2 N–H and O–H groups in total. The van der Waals surface area contributed by atoms with Crippen molar-refractivity contribution >= 4 is 11.8 Å². The van der Waals surface area contributed by atoms with E-state index in [1.165, 1.54) is 24.8 Å². The van der Waals surface area contributed by atoms with Crippen LogP contribution in [-0.2, 0) is 9.59 Å². The molecule has 0 spiro atoms. The molecule has 0 aromatic heterocycles. The number of allylic oxidation sites excluding steroid dienone is 2. The number of rotatable bonds is 11. The summed E-state index contributed by atoms with van der Waals surface area (Å²) in [5.41, 5.74) is 0.616. The zero-order valence-electron chi connectivity index (χ0n) is 16.3. The summed E-state index contributed by atoms with van der Waals surface area (Å²) in [6.45, 7) is 1.98. The minimum atomic E-state index is -0.730. The molecule has 148 valence electrons. The summed E-state index contributed by atoms with van der Waals surface area (Å²) in [4.78, 5) is 22.7. The maximum atomic E-state index is 12.2. The van der Waals surface area contributed by atoms with Gasteiger partial charge in [-0.2, -0.15) is 0 Å². The number of carboxylic acids is 1. The van der Waals surface area contributed by atoms with Crippen LogP contribution in [0.25, 0.3) is 0 Å². The second-order valence-electron chi connectivity index (χ2n) is 8.54. The van der Waals surface area contributed by atoms with Crippen LogP contribution in [0.5, 0.6) is 0 Å². The third kappa shape index (κ3) is 6.53. The number of aliphatic hydroxyl groups is 1. The SMILES string of the molecule is C[C@](O)(CCC1=CCC(=O)[C@@H]1CCCCCCC(=O)O)C1CCCCC1. The van der Waals surface area contributed by atoms with Gasteiger partial charge in [-0.1, -0.05) is 50.2 Å². The standard InChI is InChI=1S/C22H36O4/c1-22(26,18-9-5-4-6-10-18)16-15-17-13-14-20(23)19(17)11-7-2-3-8-12-21(24)25/h13,18-19,26H,2-12,14-16H2,1H3,(H,24,25)/t19-,22+/m1/s1. The van der Waals surface area contributed by atoms with Crippen molar-refractivity contribution < 1.29 is 19.8 Å². The van der Waals surface area contributed by atoms with E-state index < -0.39 is 11.6 Å². The zero-order valence-corrected chi connectivity index (χ0v) is 16.3. The average molecular weight is 365 g/mol. The fourth-order valence-electron chi connectivity index (χ4n) is 4.65. The lowest BCUT2D eigenvalue weighted by atomic mass is 9.75. The minimum Gasteiger partial charge on any atom is -0.481 e. The first-order valence-corrected chi connectivity index (χ1v) is 10.6. The summed E-state index contributed by atoms with van der Waals surface area (Å²) in [6, 6.07) is 0. The highest BCUT2D eigenvalue weighted by Crippen LogP contribution is 2.38. The van der Waals surface area contributed by atoms with Gasteiger partial charge in [0.15, 0.2) is 0 Å². The number of Topliss-reactive ketones (excluding diaryl/α,β-unsaturated/α-hetero) is 1. The fourth-order valence-corrected chi connectivity index (χ4v) is 4.65. The van der Waals surface area contributed by atoms with Crippen molar-refractivity contribution in [3.63, 3.8) is 0 Å². The van der Waals surface area contributed by atoms with Gasteiger partial charge in [0, 0.05) is 18.8 Å². The highest BCUT2D eigenvalue weighted by molar-refractivity contribution is 5.88. The number of ketones is 1. The Balaban J connectivity index is 1.73. The molecule has 0 bridgehead atoms. The first-order chi connectivity index (χ1) is 12.4. The molecular weight excluding hydrogens is 328 g/mol. The van der Waals surface area contributed by atoms with E-state index in [0.717, 1.165) is 57.8 Å². The molecule has 0 heterocycles. The van der Waals surface area contributed by atoms with Gasteiger partial charge in [-0.25, -0.2) is 0 Å². The predicted octanol–water partition coefficient (Wildman–Crippen LogP) is 5.04. The highest BCUT2D eigenvalue weighted by Gasteiger charge is 2.34. The Hall–Kier alpha value is -1.16. The Labute approximate surface area is 158 Å². The van der Waals surface area contributed by atoms with Gasteiger partial charge < -0.3 is 10.2 Å². The molecular formula is C22H36O4. The molecule has 2 atom stereocenters. The minimum absolute atomic E-state index is 0.0385. The molecule has 2 aliphatic carbocycles. The molecule has 0 amide bonds. The van der Waals surface area contributed by atoms with Gasteiger partial charge >= 0.3 is 5.97 Å². The van der Waals surface area contributed by atoms with Crippen LogP contribution in [0.15, 0.2) is 11.6 Å². The molecule has 4 heteroatoms. The van der Waals surface area contributed by atoms with E-state index in [1.807, 2.05) is 6.92 Å². The Morgan fingerprint density at radius 3 is 2.54 bits per heavy atom. The van der Waals surface area contributed by atoms with Crippen molar-refractivity contribution in [2.75, 3.05) is 0 Å². The molecule has 2 aliphatic rings. The van der Waals surface area contributed by atoms with Crippen LogP contribution in [0, 0.1) is 11.8 Å². The van der Waals surface area contributed by atoms with E-state index in [9.17, 15) is 14.7 Å². The van der Waals surface area contributed by atoms with E-state index >= 15 is 0 Å². The Morgan fingerprint density at radius 2 is 1.85 bits per heavy atom. The number of unbranched alkanes of at least 4 members (excludes halogenated alkanes) is 3. The predicted molar refractivity (Wildman–Crippen MR) is 103 cm³/mol. The maximum absolute atomic E-state index is 12.2. The van der Waals surface area contributed by atoms with Crippen LogP contribution in [0.4, 0.5) is 0 Å². The van der Waals surface area contributed by atoms with Crippen LogP contribution in [0.3, 0.4) is 0 Å². The molecule has 1 fully saturated rings. The number of hydrogen-bond acceptors (Lipinski definition) is 3. The van der Waals surface area contributed by atoms with Gasteiger partial charge in [0.25, 0.3) is 0 Å². The van der Waals surface area contributed by atoms with Crippen LogP contribution in [0.2, 0.25) is 0 Å². The number of carbonyl (C=O) groups excluding carboxylic acids is 1. The van der Waals surface area contributed by atoms with Crippen molar-refractivity contribution in [2.24, 2.45) is 11.8 Å². The van der Waals surface area contributed by atoms with Crippen molar-refractivity contribution in [3.05, 3.63) is 11.6 Å². The van der Waals surface area contributed by atoms with Gasteiger partial charge in [-0.15, -0.1) is 0 Å². The van der Waals surface area contributed by atoms with Crippen molar-refractivity contribution in [3.8, 4) is 0 Å². The van der Waals surface area contributed by atoms with Gasteiger partial charge in [0.1, 0.15) is 5.78 Å². The third-order valence-electron chi connectivity index (χ3n) is 6.44. The summed E-state index contributed by atoms with van der Waals surface area (Å²) in [5.74, 6) is 0.0346. The van der Waals surface area contributed by atoms with Crippen LogP contribution >= 0.6 is 0 Å². The van der Waals surface area contributed by atoms with Crippen LogP contribution in [0.1, 0.15) is 96.8 Å². The second kappa shape index (κ2) is 10.2. The number of aliphatic carboxylic acids is 1. The average Bonchev–Trinajstić information content (AvgIpc) is 2.97. The van der Waals surface area contributed by atoms with E-state index in [1.54, 1.807) is 0 Å². The highest BCUT2D eigenvalue weighted by atomic mass is 16.4. The molecule has 0 aromatic rings. The lowest BCUT2D eigenvalue weighted by molar-refractivity contribution is -0.137. The van der Waals surface area contributed by atoms with Crippen molar-refractivity contribution in [1.82, 2.24) is 0 Å². The smallest absolute Gasteiger partial charge is 0.303 e. The van der Waals surface area contributed by atoms with Crippen molar-refractivity contribution in [1.29, 1.82) is 0 Å². The summed E-state index contributed by atoms with van der Waals surface area (Å²) in [7, 11) is 0. The molecule has 4 nitrogen and oxygen atoms in total. The Kier molecular flexibility index (Phi) is 8.33. The first-order valence-electron chi connectivity index (χ1n) is 10.6. The number of carbonyl (C=O) groups is 2. The normalized spacial score (nSPS) is 23.7. The third-order valence-corrected chi connectivity index (χ3v) is 6.44. The molecule has 1 saturated carbocycles. The van der Waals surface area contributed by atoms with E-state index in [0.29, 0.717) is 18.1 Å². The Bertz CT molecular complexity index is 500. The monoisotopic (exact) mass is 364 g/mol. The molecule has 0 saturated heterocycles. The molecule has 0 aromatic carbocycles. The fraction of sp³-hybridized carbons (Fsp3) is 0.818. The summed E-state index contributed by atoms with van der Waals surface area (Å²) >= 11 is 0. The lowest BCUT2D eigenvalue weighted by Gasteiger charge is -2.36. The van der Waals surface area contributed by atoms with Gasteiger partial charge in [-0.05, 0) is 51.4 Å². The topological polar surface area (TPSA) is 74.6 Å². The quantitative estimate of drug-likeness (QED) is 0.398. The lowest BCUT2D eigenvalue weighted by Crippen LogP contribution is -2.36. The van der Waals surface area contributed by atoms with Crippen LogP contribution in [-0.4, -0.2) is 27.6 Å². The summed E-state index contributed by atoms with van der Waals surface area (Å²) in [6.07, 6.45) is 15.0. The molecule has 0 aliphatic heterocycles. The van der Waals surface area contributed by atoms with E-state index in [2.05, 4.69) is 6.08 Å². The molecule has 26 heavy (non-hydrogen) atoms. The molecule has 2 rings (SSSR count). The maximum Gasteiger partial charge on any atom is 0.303 e. The van der Waals surface area contributed by atoms with Gasteiger partial charge in [-0.3, -0.25) is 9.59 Å². The van der Waals surface area contributed by atoms with Crippen molar-refractivity contribution in [2.45, 2.75) is 102 Å². The largest absolute Gasteiger partial charge is 0.481 e. The second-order valence-corrected chi connectivity index (χ2v) is 8.54. The summed E-state index contributed by atoms with van der Waals surface area (Å²) < 4.78 is 0. The molecule has 0 radical (unpaired) electrons. The zero-order chi connectivity index (χ0) is 19.0. The van der Waals surface area contributed by atoms with Crippen LogP contribution < -0.4 is 0 Å². The van der Waals surface area contributed by atoms with Gasteiger partial charge in [0.05, 0.1) is 5.60 Å². The summed E-state index contributed by atoms with van der Waals surface area (Å²) in [5, 5.41) is 19.6. The van der Waals surface area contributed by atoms with E-state index in [-0.39, 0.29) is 12.3 Å². The molecule has 0 unspecified atom stereocenters. The Morgan fingerprint density at radius 1 is 1.15 bits per heavy atom.